The minimum atomic E-state index is -1.12. The molecule has 1 heterocycles. The summed E-state index contributed by atoms with van der Waals surface area (Å²) >= 11 is 0. The maximum Gasteiger partial charge on any atom is 0.326 e. The molecule has 0 radical (unpaired) electrons. The van der Waals surface area contributed by atoms with Crippen LogP contribution in [0.1, 0.15) is 58.9 Å². The molecule has 2 rings (SSSR count). The van der Waals surface area contributed by atoms with E-state index in [2.05, 4.69) is 10.6 Å². The molecule has 1 aliphatic heterocycles. The quantitative estimate of drug-likeness (QED) is 0.353. The lowest BCUT2D eigenvalue weighted by Gasteiger charge is -2.30. The average Bonchev–Trinajstić information content (AvgIpc) is 3.35. The van der Waals surface area contributed by atoms with E-state index in [1.54, 1.807) is 6.92 Å². The van der Waals surface area contributed by atoms with Crippen LogP contribution in [0.5, 0.6) is 0 Å². The second kappa shape index (κ2) is 13.2. The highest BCUT2D eigenvalue weighted by atomic mass is 16.4. The second-order valence-electron chi connectivity index (χ2n) is 9.56. The molecule has 1 aromatic carbocycles. The molecular formula is C26H40N4O5. The first-order valence-corrected chi connectivity index (χ1v) is 12.5. The van der Waals surface area contributed by atoms with E-state index in [1.807, 2.05) is 51.1 Å². The smallest absolute Gasteiger partial charge is 0.326 e. The predicted molar refractivity (Wildman–Crippen MR) is 133 cm³/mol. The lowest BCUT2D eigenvalue weighted by atomic mass is 9.97. The predicted octanol–water partition coefficient (Wildman–Crippen LogP) is 1.69. The Kier molecular flexibility index (Phi) is 10.7. The van der Waals surface area contributed by atoms with Crippen molar-refractivity contribution in [1.82, 2.24) is 15.5 Å². The van der Waals surface area contributed by atoms with E-state index in [-0.39, 0.29) is 24.2 Å². The fourth-order valence-corrected chi connectivity index (χ4v) is 4.26. The van der Waals surface area contributed by atoms with Crippen LogP contribution in [0.4, 0.5) is 0 Å². The first-order chi connectivity index (χ1) is 16.6. The van der Waals surface area contributed by atoms with Crippen molar-refractivity contribution >= 4 is 23.7 Å². The summed E-state index contributed by atoms with van der Waals surface area (Å²) < 4.78 is 0. The molecule has 6 atom stereocenters. The number of carbonyl (C=O) groups is 4. The molecule has 6 unspecified atom stereocenters. The number of amides is 3. The number of nitrogens with two attached hydrogens (primary N) is 1. The maximum absolute atomic E-state index is 13.3. The number of hydrogen-bond acceptors (Lipinski definition) is 5. The third kappa shape index (κ3) is 7.52. The monoisotopic (exact) mass is 488 g/mol. The van der Waals surface area contributed by atoms with Crippen molar-refractivity contribution < 1.29 is 24.3 Å². The van der Waals surface area contributed by atoms with Crippen LogP contribution in [-0.4, -0.2) is 64.4 Å². The van der Waals surface area contributed by atoms with Gasteiger partial charge in [0.15, 0.2) is 0 Å². The number of likely N-dealkylation sites (tertiary alicyclic amines) is 1. The van der Waals surface area contributed by atoms with Crippen LogP contribution in [0.2, 0.25) is 0 Å². The van der Waals surface area contributed by atoms with Gasteiger partial charge in [0.25, 0.3) is 0 Å². The summed E-state index contributed by atoms with van der Waals surface area (Å²) in [7, 11) is 0. The van der Waals surface area contributed by atoms with E-state index in [0.29, 0.717) is 25.8 Å². The SMILES string of the molecule is CCC(C)C(N)C(=O)N1CCCC1C(=O)NC(Cc1ccccc1)C(=O)NC(C(=O)O)C(C)CC. The van der Waals surface area contributed by atoms with Gasteiger partial charge in [-0.1, -0.05) is 70.9 Å². The highest BCUT2D eigenvalue weighted by Crippen LogP contribution is 2.21. The molecule has 0 spiro atoms. The second-order valence-corrected chi connectivity index (χ2v) is 9.56. The van der Waals surface area contributed by atoms with Crippen molar-refractivity contribution in [2.75, 3.05) is 6.54 Å². The summed E-state index contributed by atoms with van der Waals surface area (Å²) in [5, 5.41) is 15.0. The van der Waals surface area contributed by atoms with Crippen molar-refractivity contribution in [2.24, 2.45) is 17.6 Å². The van der Waals surface area contributed by atoms with Crippen LogP contribution in [0, 0.1) is 11.8 Å². The largest absolute Gasteiger partial charge is 0.480 e. The summed E-state index contributed by atoms with van der Waals surface area (Å²) in [4.78, 5) is 52.7. The van der Waals surface area contributed by atoms with Gasteiger partial charge in [-0.05, 0) is 30.2 Å². The van der Waals surface area contributed by atoms with Crippen LogP contribution in [0.3, 0.4) is 0 Å². The van der Waals surface area contributed by atoms with Crippen LogP contribution < -0.4 is 16.4 Å². The highest BCUT2D eigenvalue weighted by molar-refractivity contribution is 5.94. The number of aliphatic carboxylic acids is 1. The Hall–Kier alpha value is -2.94. The zero-order chi connectivity index (χ0) is 26.1. The molecular weight excluding hydrogens is 448 g/mol. The van der Waals surface area contributed by atoms with Crippen LogP contribution >= 0.6 is 0 Å². The molecule has 1 saturated heterocycles. The molecule has 1 fully saturated rings. The van der Waals surface area contributed by atoms with Gasteiger partial charge in [0.1, 0.15) is 18.1 Å². The zero-order valence-corrected chi connectivity index (χ0v) is 21.2. The zero-order valence-electron chi connectivity index (χ0n) is 21.2. The number of carboxylic acid groups (broad SMARTS) is 1. The molecule has 3 amide bonds. The standard InChI is InChI=1S/C26H40N4O5/c1-5-16(3)21(27)25(33)30-14-10-13-20(30)24(32)28-19(15-18-11-8-7-9-12-18)23(31)29-22(26(34)35)17(4)6-2/h7-9,11-12,16-17,19-22H,5-6,10,13-15,27H2,1-4H3,(H,28,32)(H,29,31)(H,34,35). The van der Waals surface area contributed by atoms with E-state index in [9.17, 15) is 24.3 Å². The summed E-state index contributed by atoms with van der Waals surface area (Å²) in [5.41, 5.74) is 6.97. The van der Waals surface area contributed by atoms with Gasteiger partial charge < -0.3 is 26.4 Å². The third-order valence-electron chi connectivity index (χ3n) is 7.07. The molecule has 5 N–H and O–H groups in total. The fraction of sp³-hybridized carbons (Fsp3) is 0.615. The summed E-state index contributed by atoms with van der Waals surface area (Å²) in [6, 6.07) is 5.73. The number of hydrogen-bond donors (Lipinski definition) is 4. The number of benzene rings is 1. The number of carboxylic acids is 1. The Labute approximate surface area is 207 Å². The Morgan fingerprint density at radius 3 is 2.26 bits per heavy atom. The topological polar surface area (TPSA) is 142 Å². The summed E-state index contributed by atoms with van der Waals surface area (Å²) in [6.07, 6.45) is 2.66. The van der Waals surface area contributed by atoms with Gasteiger partial charge in [0, 0.05) is 13.0 Å². The molecule has 0 aromatic heterocycles. The van der Waals surface area contributed by atoms with Crippen LogP contribution in [0.15, 0.2) is 30.3 Å². The fourth-order valence-electron chi connectivity index (χ4n) is 4.26. The molecule has 9 nitrogen and oxygen atoms in total. The Morgan fingerprint density at radius 1 is 1.06 bits per heavy atom. The van der Waals surface area contributed by atoms with Gasteiger partial charge in [-0.3, -0.25) is 14.4 Å². The number of carbonyl (C=O) groups excluding carboxylic acids is 3. The van der Waals surface area contributed by atoms with Crippen molar-refractivity contribution in [3.05, 3.63) is 35.9 Å². The van der Waals surface area contributed by atoms with Crippen LogP contribution in [0.25, 0.3) is 0 Å². The van der Waals surface area contributed by atoms with E-state index >= 15 is 0 Å². The molecule has 35 heavy (non-hydrogen) atoms. The van der Waals surface area contributed by atoms with Crippen LogP contribution in [-0.2, 0) is 25.6 Å². The number of rotatable bonds is 12. The van der Waals surface area contributed by atoms with E-state index in [1.165, 1.54) is 4.90 Å². The molecule has 194 valence electrons. The number of nitrogens with one attached hydrogen (secondary N) is 2. The Bertz CT molecular complexity index is 878. The van der Waals surface area contributed by atoms with E-state index < -0.39 is 42.0 Å². The van der Waals surface area contributed by atoms with Gasteiger partial charge in [0.2, 0.25) is 17.7 Å². The molecule has 9 heteroatoms. The third-order valence-corrected chi connectivity index (χ3v) is 7.07. The minimum absolute atomic E-state index is 0.0167. The summed E-state index contributed by atoms with van der Waals surface area (Å²) in [5.74, 6) is -2.68. The van der Waals surface area contributed by atoms with Crippen molar-refractivity contribution in [1.29, 1.82) is 0 Å². The van der Waals surface area contributed by atoms with Crippen molar-refractivity contribution in [3.8, 4) is 0 Å². The van der Waals surface area contributed by atoms with Crippen molar-refractivity contribution in [3.63, 3.8) is 0 Å². The van der Waals surface area contributed by atoms with Gasteiger partial charge >= 0.3 is 5.97 Å². The Morgan fingerprint density at radius 2 is 1.69 bits per heavy atom. The normalized spacial score (nSPS) is 19.8. The summed E-state index contributed by atoms with van der Waals surface area (Å²) in [6.45, 7) is 7.91. The van der Waals surface area contributed by atoms with Crippen molar-refractivity contribution in [2.45, 2.75) is 84.0 Å². The molecule has 0 bridgehead atoms. The first-order valence-electron chi connectivity index (χ1n) is 12.5. The molecule has 0 aliphatic carbocycles. The molecule has 1 aliphatic rings. The lowest BCUT2D eigenvalue weighted by molar-refractivity contribution is -0.144. The van der Waals surface area contributed by atoms with E-state index in [0.717, 1.165) is 12.0 Å². The van der Waals surface area contributed by atoms with Gasteiger partial charge in [-0.2, -0.15) is 0 Å². The number of nitrogens with zero attached hydrogens (tertiary/aromatic N) is 1. The molecule has 1 aromatic rings. The van der Waals surface area contributed by atoms with Gasteiger partial charge in [-0.25, -0.2) is 4.79 Å². The maximum atomic E-state index is 13.3. The Balaban J connectivity index is 2.21. The minimum Gasteiger partial charge on any atom is -0.480 e. The average molecular weight is 489 g/mol. The van der Waals surface area contributed by atoms with E-state index in [4.69, 9.17) is 5.73 Å². The molecule has 0 saturated carbocycles. The van der Waals surface area contributed by atoms with Gasteiger partial charge in [-0.15, -0.1) is 0 Å². The highest BCUT2D eigenvalue weighted by Gasteiger charge is 2.39. The first kappa shape index (κ1) is 28.3. The lowest BCUT2D eigenvalue weighted by Crippen LogP contribution is -2.58. The van der Waals surface area contributed by atoms with Gasteiger partial charge in [0.05, 0.1) is 6.04 Å².